The Balaban J connectivity index is 2.28. The second-order valence-corrected chi connectivity index (χ2v) is 3.99. The van der Waals surface area contributed by atoms with Crippen molar-refractivity contribution in [3.63, 3.8) is 0 Å². The van der Waals surface area contributed by atoms with Crippen LogP contribution < -0.4 is 11.1 Å². The second kappa shape index (κ2) is 5.38. The molecule has 0 aliphatic heterocycles. The van der Waals surface area contributed by atoms with Gasteiger partial charge in [0.15, 0.2) is 0 Å². The van der Waals surface area contributed by atoms with Crippen LogP contribution in [-0.4, -0.2) is 22.6 Å². The Bertz CT molecular complexity index is 319. The first-order chi connectivity index (χ1) is 7.11. The van der Waals surface area contributed by atoms with Crippen LogP contribution in [0.5, 0.6) is 0 Å². The molecular weight excluding hydrogens is 192 g/mol. The molecule has 0 aliphatic rings. The number of nitrogen functional groups attached to an aromatic ring is 1. The lowest BCUT2D eigenvalue weighted by Gasteiger charge is -2.05. The smallest absolute Gasteiger partial charge is 0.271 e. The number of nitrogens with one attached hydrogen (secondary N) is 2. The molecule has 0 bridgehead atoms. The van der Waals surface area contributed by atoms with Gasteiger partial charge in [-0.25, -0.2) is 0 Å². The zero-order valence-electron chi connectivity index (χ0n) is 9.21. The maximum Gasteiger partial charge on any atom is 0.271 e. The minimum absolute atomic E-state index is 0.186. The van der Waals surface area contributed by atoms with Gasteiger partial charge < -0.3 is 11.1 Å². The number of hydrogen-bond acceptors (Lipinski definition) is 3. The van der Waals surface area contributed by atoms with E-state index in [0.717, 1.165) is 12.8 Å². The average molecular weight is 210 g/mol. The molecule has 0 saturated heterocycles. The summed E-state index contributed by atoms with van der Waals surface area (Å²) in [6.07, 6.45) is 3.53. The highest BCUT2D eigenvalue weighted by molar-refractivity contribution is 5.96. The molecule has 0 saturated carbocycles. The molecule has 1 amide bonds. The van der Waals surface area contributed by atoms with Gasteiger partial charge in [-0.05, 0) is 18.8 Å². The van der Waals surface area contributed by atoms with E-state index in [2.05, 4.69) is 29.4 Å². The number of aromatic nitrogens is 2. The van der Waals surface area contributed by atoms with E-state index >= 15 is 0 Å². The molecule has 1 aromatic rings. The fraction of sp³-hybridized carbons (Fsp3) is 0.600. The number of carbonyl (C=O) groups excluding carboxylic acids is 1. The molecule has 0 spiro atoms. The number of nitrogens with two attached hydrogens (primary N) is 1. The van der Waals surface area contributed by atoms with Gasteiger partial charge in [0, 0.05) is 6.54 Å². The van der Waals surface area contributed by atoms with E-state index in [1.165, 1.54) is 6.20 Å². The van der Waals surface area contributed by atoms with E-state index in [4.69, 9.17) is 5.73 Å². The van der Waals surface area contributed by atoms with Gasteiger partial charge in [-0.2, -0.15) is 5.10 Å². The van der Waals surface area contributed by atoms with Crippen LogP contribution in [0.3, 0.4) is 0 Å². The molecule has 1 aromatic heterocycles. The van der Waals surface area contributed by atoms with Gasteiger partial charge in [-0.15, -0.1) is 0 Å². The highest BCUT2D eigenvalue weighted by Crippen LogP contribution is 2.06. The van der Waals surface area contributed by atoms with Crippen LogP contribution in [0.25, 0.3) is 0 Å². The maximum absolute atomic E-state index is 11.5. The molecule has 0 aromatic carbocycles. The molecule has 1 rings (SSSR count). The molecule has 15 heavy (non-hydrogen) atoms. The summed E-state index contributed by atoms with van der Waals surface area (Å²) in [5, 5.41) is 9.05. The number of carbonyl (C=O) groups is 1. The van der Waals surface area contributed by atoms with Gasteiger partial charge in [0.1, 0.15) is 5.69 Å². The Morgan fingerprint density at radius 3 is 2.93 bits per heavy atom. The number of amides is 1. The van der Waals surface area contributed by atoms with Crippen LogP contribution in [-0.2, 0) is 0 Å². The van der Waals surface area contributed by atoms with Crippen LogP contribution >= 0.6 is 0 Å². The predicted molar refractivity (Wildman–Crippen MR) is 59.4 cm³/mol. The highest BCUT2D eigenvalue weighted by atomic mass is 16.1. The Kier molecular flexibility index (Phi) is 4.15. The van der Waals surface area contributed by atoms with E-state index < -0.39 is 0 Å². The molecule has 5 heteroatoms. The quantitative estimate of drug-likeness (QED) is 0.637. The molecule has 0 aliphatic carbocycles. The summed E-state index contributed by atoms with van der Waals surface area (Å²) in [6.45, 7) is 5.00. The predicted octanol–water partition coefficient (Wildman–Crippen LogP) is 1.16. The van der Waals surface area contributed by atoms with Crippen LogP contribution in [0.1, 0.15) is 37.2 Å². The van der Waals surface area contributed by atoms with Crippen molar-refractivity contribution in [3.8, 4) is 0 Å². The fourth-order valence-electron chi connectivity index (χ4n) is 1.28. The van der Waals surface area contributed by atoms with Gasteiger partial charge in [-0.3, -0.25) is 9.89 Å². The summed E-state index contributed by atoms with van der Waals surface area (Å²) in [5.74, 6) is 0.480. The van der Waals surface area contributed by atoms with E-state index in [1.54, 1.807) is 0 Å². The van der Waals surface area contributed by atoms with Crippen LogP contribution in [0.15, 0.2) is 6.20 Å². The maximum atomic E-state index is 11.5. The van der Waals surface area contributed by atoms with Crippen molar-refractivity contribution >= 4 is 11.6 Å². The lowest BCUT2D eigenvalue weighted by molar-refractivity contribution is 0.0948. The number of aromatic amines is 1. The van der Waals surface area contributed by atoms with Gasteiger partial charge in [-0.1, -0.05) is 13.8 Å². The molecule has 4 N–H and O–H groups in total. The van der Waals surface area contributed by atoms with E-state index in [0.29, 0.717) is 23.8 Å². The Hall–Kier alpha value is -1.52. The molecule has 0 unspecified atom stereocenters. The van der Waals surface area contributed by atoms with E-state index in [-0.39, 0.29) is 5.91 Å². The lowest BCUT2D eigenvalue weighted by atomic mass is 10.1. The number of nitrogens with zero attached hydrogens (tertiary/aromatic N) is 1. The summed E-state index contributed by atoms with van der Waals surface area (Å²) >= 11 is 0. The van der Waals surface area contributed by atoms with Crippen molar-refractivity contribution in [3.05, 3.63) is 11.9 Å². The Morgan fingerprint density at radius 1 is 1.67 bits per heavy atom. The monoisotopic (exact) mass is 210 g/mol. The van der Waals surface area contributed by atoms with Crippen molar-refractivity contribution in [1.82, 2.24) is 15.5 Å². The zero-order valence-corrected chi connectivity index (χ0v) is 9.21. The molecule has 1 heterocycles. The standard InChI is InChI=1S/C10H18N4O/c1-7(2)4-3-5-12-10(15)9-8(11)6-13-14-9/h6-7H,3-5,11H2,1-2H3,(H,12,15)(H,13,14). The SMILES string of the molecule is CC(C)CCCNC(=O)c1[nH]ncc1N. The van der Waals surface area contributed by atoms with Crippen molar-refractivity contribution in [2.75, 3.05) is 12.3 Å². The van der Waals surface area contributed by atoms with Gasteiger partial charge in [0.2, 0.25) is 0 Å². The molecule has 0 fully saturated rings. The third kappa shape index (κ3) is 3.61. The third-order valence-electron chi connectivity index (χ3n) is 2.14. The summed E-state index contributed by atoms with van der Waals surface area (Å²) in [6, 6.07) is 0. The topological polar surface area (TPSA) is 83.8 Å². The van der Waals surface area contributed by atoms with Crippen molar-refractivity contribution in [2.45, 2.75) is 26.7 Å². The summed E-state index contributed by atoms with van der Waals surface area (Å²) in [7, 11) is 0. The Labute approximate surface area is 89.4 Å². The first kappa shape index (κ1) is 11.6. The van der Waals surface area contributed by atoms with Gasteiger partial charge in [0.25, 0.3) is 5.91 Å². The van der Waals surface area contributed by atoms with Crippen LogP contribution in [0, 0.1) is 5.92 Å². The van der Waals surface area contributed by atoms with Crippen LogP contribution in [0.4, 0.5) is 5.69 Å². The van der Waals surface area contributed by atoms with E-state index in [1.807, 2.05) is 0 Å². The minimum atomic E-state index is -0.186. The number of hydrogen-bond donors (Lipinski definition) is 3. The molecule has 0 atom stereocenters. The summed E-state index contributed by atoms with van der Waals surface area (Å²) in [5.41, 5.74) is 6.27. The summed E-state index contributed by atoms with van der Waals surface area (Å²) in [4.78, 5) is 11.5. The number of H-pyrrole nitrogens is 1. The first-order valence-electron chi connectivity index (χ1n) is 5.18. The highest BCUT2D eigenvalue weighted by Gasteiger charge is 2.10. The fourth-order valence-corrected chi connectivity index (χ4v) is 1.28. The molecule has 84 valence electrons. The largest absolute Gasteiger partial charge is 0.396 e. The normalized spacial score (nSPS) is 10.6. The number of rotatable bonds is 5. The lowest BCUT2D eigenvalue weighted by Crippen LogP contribution is -2.25. The second-order valence-electron chi connectivity index (χ2n) is 3.99. The van der Waals surface area contributed by atoms with Crippen molar-refractivity contribution < 1.29 is 4.79 Å². The molecule has 5 nitrogen and oxygen atoms in total. The third-order valence-corrected chi connectivity index (χ3v) is 2.14. The average Bonchev–Trinajstić information content (AvgIpc) is 2.58. The zero-order chi connectivity index (χ0) is 11.3. The van der Waals surface area contributed by atoms with Crippen LogP contribution in [0.2, 0.25) is 0 Å². The number of anilines is 1. The van der Waals surface area contributed by atoms with Crippen molar-refractivity contribution in [1.29, 1.82) is 0 Å². The van der Waals surface area contributed by atoms with E-state index in [9.17, 15) is 4.79 Å². The molecular formula is C10H18N4O. The summed E-state index contributed by atoms with van der Waals surface area (Å²) < 4.78 is 0. The minimum Gasteiger partial charge on any atom is -0.396 e. The molecule has 0 radical (unpaired) electrons. The first-order valence-corrected chi connectivity index (χ1v) is 5.18. The van der Waals surface area contributed by atoms with Crippen molar-refractivity contribution in [2.24, 2.45) is 5.92 Å². The Morgan fingerprint density at radius 2 is 2.40 bits per heavy atom. The van der Waals surface area contributed by atoms with Gasteiger partial charge >= 0.3 is 0 Å². The van der Waals surface area contributed by atoms with Gasteiger partial charge in [0.05, 0.1) is 11.9 Å².